The largest absolute Gasteiger partial charge is 0.491 e. The third kappa shape index (κ3) is 7.12. The Labute approximate surface area is 178 Å². The molecule has 7 nitrogen and oxygen atoms in total. The van der Waals surface area contributed by atoms with Gasteiger partial charge in [0.1, 0.15) is 12.4 Å². The number of esters is 1. The Balaban J connectivity index is 2.09. The van der Waals surface area contributed by atoms with E-state index < -0.39 is 21.9 Å². The second kappa shape index (κ2) is 11.7. The molecule has 0 saturated carbocycles. The molecule has 2 aromatic rings. The molecule has 0 fully saturated rings. The third-order valence-corrected chi connectivity index (χ3v) is 5.89. The first-order chi connectivity index (χ1) is 14.4. The Morgan fingerprint density at radius 3 is 2.47 bits per heavy atom. The SMILES string of the molecule is CCOC(=O)[C@H](CNS(=O)(=O)c1ccc(OCCOC)c(C)c1)Cc1ccccc1. The highest BCUT2D eigenvalue weighted by atomic mass is 32.2. The summed E-state index contributed by atoms with van der Waals surface area (Å²) in [6.07, 6.45) is 0.382. The fourth-order valence-electron chi connectivity index (χ4n) is 2.88. The number of hydrogen-bond donors (Lipinski definition) is 1. The highest BCUT2D eigenvalue weighted by molar-refractivity contribution is 7.89. The molecule has 8 heteroatoms. The minimum Gasteiger partial charge on any atom is -0.491 e. The van der Waals surface area contributed by atoms with Crippen molar-refractivity contribution in [1.82, 2.24) is 4.72 Å². The minimum absolute atomic E-state index is 0.0544. The molecule has 0 bridgehead atoms. The predicted octanol–water partition coefficient (Wildman–Crippen LogP) is 2.72. The van der Waals surface area contributed by atoms with Gasteiger partial charge in [0.15, 0.2) is 0 Å². The average Bonchev–Trinajstić information content (AvgIpc) is 2.73. The van der Waals surface area contributed by atoms with Crippen LogP contribution in [0.4, 0.5) is 0 Å². The lowest BCUT2D eigenvalue weighted by Crippen LogP contribution is -2.35. The van der Waals surface area contributed by atoms with Gasteiger partial charge in [-0.1, -0.05) is 30.3 Å². The van der Waals surface area contributed by atoms with E-state index in [1.54, 1.807) is 33.1 Å². The van der Waals surface area contributed by atoms with E-state index in [1.165, 1.54) is 6.07 Å². The number of aryl methyl sites for hydroxylation is 1. The van der Waals surface area contributed by atoms with Gasteiger partial charge in [-0.05, 0) is 49.6 Å². The zero-order chi connectivity index (χ0) is 22.0. The molecule has 1 N–H and O–H groups in total. The van der Waals surface area contributed by atoms with Crippen LogP contribution in [0, 0.1) is 12.8 Å². The zero-order valence-electron chi connectivity index (χ0n) is 17.6. The number of methoxy groups -OCH3 is 1. The lowest BCUT2D eigenvalue weighted by Gasteiger charge is -2.17. The summed E-state index contributed by atoms with van der Waals surface area (Å²) in [4.78, 5) is 12.5. The van der Waals surface area contributed by atoms with Crippen LogP contribution in [0.25, 0.3) is 0 Å². The van der Waals surface area contributed by atoms with E-state index in [0.717, 1.165) is 5.56 Å². The van der Waals surface area contributed by atoms with E-state index in [1.807, 2.05) is 30.3 Å². The number of benzene rings is 2. The highest BCUT2D eigenvalue weighted by Gasteiger charge is 2.24. The van der Waals surface area contributed by atoms with Crippen LogP contribution in [-0.2, 0) is 30.7 Å². The molecular weight excluding hydrogens is 406 g/mol. The highest BCUT2D eigenvalue weighted by Crippen LogP contribution is 2.22. The second-order valence-electron chi connectivity index (χ2n) is 6.76. The summed E-state index contributed by atoms with van der Waals surface area (Å²) in [5.41, 5.74) is 1.63. The van der Waals surface area contributed by atoms with Crippen LogP contribution in [0.15, 0.2) is 53.4 Å². The molecule has 2 aromatic carbocycles. The summed E-state index contributed by atoms with van der Waals surface area (Å²) in [5, 5.41) is 0. The molecule has 30 heavy (non-hydrogen) atoms. The first-order valence-electron chi connectivity index (χ1n) is 9.80. The predicted molar refractivity (Wildman–Crippen MR) is 114 cm³/mol. The lowest BCUT2D eigenvalue weighted by atomic mass is 10.00. The molecular formula is C22H29NO6S. The van der Waals surface area contributed by atoms with Crippen molar-refractivity contribution >= 4 is 16.0 Å². The minimum atomic E-state index is -3.80. The number of carbonyl (C=O) groups excluding carboxylic acids is 1. The van der Waals surface area contributed by atoms with Gasteiger partial charge in [0.25, 0.3) is 0 Å². The van der Waals surface area contributed by atoms with Gasteiger partial charge in [0, 0.05) is 13.7 Å². The van der Waals surface area contributed by atoms with E-state index in [-0.39, 0.29) is 18.0 Å². The number of rotatable bonds is 12. The summed E-state index contributed by atoms with van der Waals surface area (Å²) in [5.74, 6) is -0.457. The molecule has 0 aromatic heterocycles. The van der Waals surface area contributed by atoms with Crippen LogP contribution in [-0.4, -0.2) is 47.9 Å². The quantitative estimate of drug-likeness (QED) is 0.407. The number of nitrogens with one attached hydrogen (secondary N) is 1. The van der Waals surface area contributed by atoms with Gasteiger partial charge in [0.05, 0.1) is 24.0 Å². The molecule has 1 atom stereocenters. The van der Waals surface area contributed by atoms with Crippen molar-refractivity contribution in [2.24, 2.45) is 5.92 Å². The standard InChI is InChI=1S/C22H29NO6S/c1-4-28-22(24)19(15-18-8-6-5-7-9-18)16-23-30(25,26)20-10-11-21(17(2)14-20)29-13-12-27-3/h5-11,14,19,23H,4,12-13,15-16H2,1-3H3/t19-/m0/s1. The Kier molecular flexibility index (Phi) is 9.29. The summed E-state index contributed by atoms with van der Waals surface area (Å²) in [7, 11) is -2.22. The van der Waals surface area contributed by atoms with Crippen LogP contribution < -0.4 is 9.46 Å². The number of sulfonamides is 1. The van der Waals surface area contributed by atoms with Gasteiger partial charge in [-0.2, -0.15) is 0 Å². The average molecular weight is 436 g/mol. The monoisotopic (exact) mass is 435 g/mol. The summed E-state index contributed by atoms with van der Waals surface area (Å²) in [6, 6.07) is 14.1. The fraction of sp³-hybridized carbons (Fsp3) is 0.409. The molecule has 0 saturated heterocycles. The van der Waals surface area contributed by atoms with Crippen molar-refractivity contribution in [3.8, 4) is 5.75 Å². The molecule has 0 spiro atoms. The smallest absolute Gasteiger partial charge is 0.310 e. The fourth-order valence-corrected chi connectivity index (χ4v) is 4.04. The molecule has 0 unspecified atom stereocenters. The molecule has 0 heterocycles. The van der Waals surface area contributed by atoms with Crippen LogP contribution in [0.3, 0.4) is 0 Å². The Bertz CT molecular complexity index is 914. The summed E-state index contributed by atoms with van der Waals surface area (Å²) >= 11 is 0. The van der Waals surface area contributed by atoms with Gasteiger partial charge in [0.2, 0.25) is 10.0 Å². The lowest BCUT2D eigenvalue weighted by molar-refractivity contribution is -0.147. The summed E-state index contributed by atoms with van der Waals surface area (Å²) in [6.45, 7) is 4.50. The van der Waals surface area contributed by atoms with Gasteiger partial charge in [-0.15, -0.1) is 0 Å². The van der Waals surface area contributed by atoms with Crippen LogP contribution in [0.1, 0.15) is 18.1 Å². The maximum absolute atomic E-state index is 12.8. The normalized spacial score (nSPS) is 12.4. The number of hydrogen-bond acceptors (Lipinski definition) is 6. The van der Waals surface area contributed by atoms with Crippen molar-refractivity contribution in [2.45, 2.75) is 25.2 Å². The maximum Gasteiger partial charge on any atom is 0.310 e. The van der Waals surface area contributed by atoms with Gasteiger partial charge in [-0.25, -0.2) is 13.1 Å². The van der Waals surface area contributed by atoms with Crippen molar-refractivity contribution in [3.63, 3.8) is 0 Å². The van der Waals surface area contributed by atoms with E-state index in [4.69, 9.17) is 14.2 Å². The second-order valence-corrected chi connectivity index (χ2v) is 8.53. The molecule has 2 rings (SSSR count). The van der Waals surface area contributed by atoms with Gasteiger partial charge < -0.3 is 14.2 Å². The Morgan fingerprint density at radius 1 is 1.10 bits per heavy atom. The molecule has 0 aliphatic rings. The molecule has 0 aliphatic carbocycles. The number of carbonyl (C=O) groups is 1. The van der Waals surface area contributed by atoms with Gasteiger partial charge in [-0.3, -0.25) is 4.79 Å². The van der Waals surface area contributed by atoms with Crippen molar-refractivity contribution in [2.75, 3.05) is 33.5 Å². The van der Waals surface area contributed by atoms with E-state index >= 15 is 0 Å². The number of ether oxygens (including phenoxy) is 3. The van der Waals surface area contributed by atoms with Gasteiger partial charge >= 0.3 is 5.97 Å². The van der Waals surface area contributed by atoms with Crippen LogP contribution in [0.5, 0.6) is 5.75 Å². The van der Waals surface area contributed by atoms with E-state index in [2.05, 4.69) is 4.72 Å². The van der Waals surface area contributed by atoms with Crippen molar-refractivity contribution < 1.29 is 27.4 Å². The molecule has 164 valence electrons. The third-order valence-electron chi connectivity index (χ3n) is 4.47. The van der Waals surface area contributed by atoms with Crippen LogP contribution in [0.2, 0.25) is 0 Å². The maximum atomic E-state index is 12.8. The molecule has 0 radical (unpaired) electrons. The zero-order valence-corrected chi connectivity index (χ0v) is 18.4. The first kappa shape index (κ1) is 23.9. The first-order valence-corrected chi connectivity index (χ1v) is 11.3. The van der Waals surface area contributed by atoms with Crippen molar-refractivity contribution in [1.29, 1.82) is 0 Å². The molecule has 0 aliphatic heterocycles. The Morgan fingerprint density at radius 2 is 1.83 bits per heavy atom. The Hall–Kier alpha value is -2.42. The van der Waals surface area contributed by atoms with Crippen molar-refractivity contribution in [3.05, 3.63) is 59.7 Å². The van der Waals surface area contributed by atoms with E-state index in [9.17, 15) is 13.2 Å². The summed E-state index contributed by atoms with van der Waals surface area (Å²) < 4.78 is 43.7. The molecule has 0 amide bonds. The van der Waals surface area contributed by atoms with Crippen LogP contribution >= 0.6 is 0 Å². The van der Waals surface area contributed by atoms with E-state index in [0.29, 0.717) is 30.9 Å². The topological polar surface area (TPSA) is 90.9 Å².